The average Bonchev–Trinajstić information content (AvgIpc) is 3.03. The van der Waals surface area contributed by atoms with Crippen LogP contribution in [0, 0.1) is 11.3 Å². The predicted octanol–water partition coefficient (Wildman–Crippen LogP) is 2.80. The molecule has 0 saturated heterocycles. The Morgan fingerprint density at radius 2 is 2.11 bits per heavy atom. The van der Waals surface area contributed by atoms with Crippen LogP contribution in [0.25, 0.3) is 16.0 Å². The maximum absolute atomic E-state index is 12.8. The minimum Gasteiger partial charge on any atom is -0.207 e. The van der Waals surface area contributed by atoms with E-state index in [1.54, 1.807) is 0 Å². The van der Waals surface area contributed by atoms with Gasteiger partial charge < -0.3 is 0 Å². The molecule has 0 radical (unpaired) electrons. The van der Waals surface area contributed by atoms with Crippen molar-refractivity contribution in [1.29, 1.82) is 5.26 Å². The Morgan fingerprint density at radius 1 is 1.37 bits per heavy atom. The summed E-state index contributed by atoms with van der Waals surface area (Å²) in [5.74, 6) is 0. The van der Waals surface area contributed by atoms with E-state index < -0.39 is 27.0 Å². The minimum atomic E-state index is -4.02. The molecule has 2 heterocycles. The largest absolute Gasteiger partial charge is 0.291 e. The molecule has 0 atom stereocenters. The summed E-state index contributed by atoms with van der Waals surface area (Å²) in [6.07, 6.45) is -0.541. The number of fused-ring (bicyclic) bond motifs is 1. The number of benzene rings is 1. The highest BCUT2D eigenvalue weighted by atomic mass is 35.5. The van der Waals surface area contributed by atoms with Gasteiger partial charge in [0, 0.05) is 5.39 Å². The Labute approximate surface area is 160 Å². The number of nitrogens with one attached hydrogen (secondary N) is 1. The summed E-state index contributed by atoms with van der Waals surface area (Å²) in [4.78, 5) is -0.165. The third-order valence-electron chi connectivity index (χ3n) is 4.01. The molecule has 1 N–H and O–H groups in total. The van der Waals surface area contributed by atoms with E-state index in [1.165, 1.54) is 23.0 Å². The van der Waals surface area contributed by atoms with Gasteiger partial charge >= 0.3 is 0 Å². The molecule has 1 aromatic carbocycles. The van der Waals surface area contributed by atoms with Crippen LogP contribution in [0.2, 0.25) is 5.02 Å². The monoisotopic (exact) mass is 430 g/mol. The third-order valence-corrected chi connectivity index (χ3v) is 6.75. The number of hydrogen-bond acceptors (Lipinski definition) is 7. The average molecular weight is 431 g/mol. The van der Waals surface area contributed by atoms with Crippen molar-refractivity contribution in [3.05, 3.63) is 28.4 Å². The second kappa shape index (κ2) is 6.16. The molecule has 8 nitrogen and oxygen atoms in total. The highest BCUT2D eigenvalue weighted by Gasteiger charge is 2.46. The summed E-state index contributed by atoms with van der Waals surface area (Å²) < 4.78 is 54.3. The van der Waals surface area contributed by atoms with E-state index in [2.05, 4.69) is 20.0 Å². The first-order valence-corrected chi connectivity index (χ1v) is 10.2. The molecule has 1 aliphatic rings. The standard InChI is InChI=1S/C14H9ClF2N6O2S2/c15-9-3-7(27(24,25)22-14(6-18)1-2-14)4-10-8(9)5-19-23(10)13-21-20-12(26-13)11(16)17/h3-5,11,22H,1-2H2. The number of halogens is 3. The summed E-state index contributed by atoms with van der Waals surface area (Å²) >= 11 is 6.82. The smallest absolute Gasteiger partial charge is 0.207 e. The summed E-state index contributed by atoms with van der Waals surface area (Å²) in [6, 6.07) is 4.49. The van der Waals surface area contributed by atoms with Crippen molar-refractivity contribution in [2.75, 3.05) is 0 Å². The molecule has 3 aromatic rings. The Kier molecular flexibility index (Phi) is 4.15. The number of hydrogen-bond donors (Lipinski definition) is 1. The first-order chi connectivity index (χ1) is 12.7. The topological polar surface area (TPSA) is 114 Å². The van der Waals surface area contributed by atoms with Crippen LogP contribution in [0.1, 0.15) is 24.3 Å². The van der Waals surface area contributed by atoms with Gasteiger partial charge in [-0.2, -0.15) is 15.1 Å². The molecule has 13 heteroatoms. The van der Waals surface area contributed by atoms with Crippen molar-refractivity contribution in [1.82, 2.24) is 24.7 Å². The van der Waals surface area contributed by atoms with Crippen molar-refractivity contribution < 1.29 is 17.2 Å². The highest BCUT2D eigenvalue weighted by Crippen LogP contribution is 2.37. The van der Waals surface area contributed by atoms with Crippen LogP contribution >= 0.6 is 22.9 Å². The Hall–Kier alpha value is -2.20. The fourth-order valence-electron chi connectivity index (χ4n) is 2.45. The van der Waals surface area contributed by atoms with E-state index in [4.69, 9.17) is 16.9 Å². The molecule has 0 bridgehead atoms. The quantitative estimate of drug-likeness (QED) is 0.665. The van der Waals surface area contributed by atoms with Gasteiger partial charge in [0.05, 0.1) is 27.7 Å². The predicted molar refractivity (Wildman–Crippen MR) is 92.4 cm³/mol. The lowest BCUT2D eigenvalue weighted by atomic mass is 10.2. The fourth-order valence-corrected chi connectivity index (χ4v) is 4.87. The van der Waals surface area contributed by atoms with Gasteiger partial charge in [0.25, 0.3) is 6.43 Å². The van der Waals surface area contributed by atoms with Crippen LogP contribution in [-0.4, -0.2) is 33.9 Å². The van der Waals surface area contributed by atoms with Crippen molar-refractivity contribution in [2.24, 2.45) is 0 Å². The van der Waals surface area contributed by atoms with Gasteiger partial charge in [-0.25, -0.2) is 21.9 Å². The van der Waals surface area contributed by atoms with Crippen molar-refractivity contribution in [3.63, 3.8) is 0 Å². The highest BCUT2D eigenvalue weighted by molar-refractivity contribution is 7.89. The molecule has 0 aliphatic heterocycles. The summed E-state index contributed by atoms with van der Waals surface area (Å²) in [6.45, 7) is 0. The van der Waals surface area contributed by atoms with Crippen molar-refractivity contribution in [3.8, 4) is 11.2 Å². The number of sulfonamides is 1. The number of nitriles is 1. The third kappa shape index (κ3) is 3.16. The molecular formula is C14H9ClF2N6O2S2. The molecule has 0 unspecified atom stereocenters. The molecule has 27 heavy (non-hydrogen) atoms. The lowest BCUT2D eigenvalue weighted by Gasteiger charge is -2.11. The Bertz CT molecular complexity index is 1200. The molecule has 2 aromatic heterocycles. The van der Waals surface area contributed by atoms with Crippen molar-refractivity contribution >= 4 is 43.9 Å². The van der Waals surface area contributed by atoms with Gasteiger partial charge in [-0.05, 0) is 25.0 Å². The summed E-state index contributed by atoms with van der Waals surface area (Å²) in [5, 5.41) is 20.3. The van der Waals surface area contributed by atoms with E-state index >= 15 is 0 Å². The first kappa shape index (κ1) is 18.2. The Balaban J connectivity index is 1.81. The van der Waals surface area contributed by atoms with Crippen LogP contribution in [0.4, 0.5) is 8.78 Å². The van der Waals surface area contributed by atoms with Gasteiger partial charge in [0.15, 0.2) is 5.01 Å². The minimum absolute atomic E-state index is 0.0505. The van der Waals surface area contributed by atoms with Gasteiger partial charge in [-0.3, -0.25) is 0 Å². The molecule has 1 aliphatic carbocycles. The van der Waals surface area contributed by atoms with Crippen LogP contribution in [-0.2, 0) is 10.0 Å². The maximum Gasteiger partial charge on any atom is 0.291 e. The molecule has 1 saturated carbocycles. The summed E-state index contributed by atoms with van der Waals surface area (Å²) in [5.41, 5.74) is -0.826. The molecular weight excluding hydrogens is 422 g/mol. The first-order valence-electron chi connectivity index (χ1n) is 7.49. The normalized spacial score (nSPS) is 16.0. The lowest BCUT2D eigenvalue weighted by molar-refractivity contribution is 0.150. The second-order valence-electron chi connectivity index (χ2n) is 5.92. The van der Waals surface area contributed by atoms with Crippen LogP contribution in [0.15, 0.2) is 23.2 Å². The number of aromatic nitrogens is 4. The van der Waals surface area contributed by atoms with Crippen molar-refractivity contribution in [2.45, 2.75) is 29.7 Å². The van der Waals surface area contributed by atoms with Gasteiger partial charge in [-0.15, -0.1) is 10.2 Å². The zero-order valence-corrected chi connectivity index (χ0v) is 15.6. The number of alkyl halides is 2. The van der Waals surface area contributed by atoms with E-state index in [9.17, 15) is 17.2 Å². The number of nitrogens with zero attached hydrogens (tertiary/aromatic N) is 5. The van der Waals surface area contributed by atoms with Gasteiger partial charge in [0.1, 0.15) is 5.54 Å². The maximum atomic E-state index is 12.8. The van der Waals surface area contributed by atoms with Crippen LogP contribution in [0.3, 0.4) is 0 Å². The zero-order chi connectivity index (χ0) is 19.4. The summed E-state index contributed by atoms with van der Waals surface area (Å²) in [7, 11) is -4.02. The van der Waals surface area contributed by atoms with Gasteiger partial charge in [-0.1, -0.05) is 22.9 Å². The number of rotatable bonds is 5. The molecule has 0 amide bonds. The van der Waals surface area contributed by atoms with E-state index in [-0.39, 0.29) is 20.6 Å². The van der Waals surface area contributed by atoms with E-state index in [1.807, 2.05) is 6.07 Å². The van der Waals surface area contributed by atoms with Gasteiger partial charge in [0.2, 0.25) is 15.2 Å². The van der Waals surface area contributed by atoms with Crippen LogP contribution in [0.5, 0.6) is 0 Å². The van der Waals surface area contributed by atoms with E-state index in [0.29, 0.717) is 29.6 Å². The molecule has 140 valence electrons. The SMILES string of the molecule is N#CC1(NS(=O)(=O)c2cc(Cl)c3cnn(-c4nnc(C(F)F)s4)c3c2)CC1. The second-order valence-corrected chi connectivity index (χ2v) is 8.99. The zero-order valence-electron chi connectivity index (χ0n) is 13.2. The fraction of sp³-hybridized carbons (Fsp3) is 0.286. The lowest BCUT2D eigenvalue weighted by Crippen LogP contribution is -2.35. The van der Waals surface area contributed by atoms with Crippen LogP contribution < -0.4 is 4.72 Å². The molecule has 0 spiro atoms. The Morgan fingerprint density at radius 3 is 2.70 bits per heavy atom. The van der Waals surface area contributed by atoms with E-state index in [0.717, 1.165) is 0 Å². The molecule has 4 rings (SSSR count). The molecule has 1 fully saturated rings.